The lowest BCUT2D eigenvalue weighted by Crippen LogP contribution is -2.01. The highest BCUT2D eigenvalue weighted by atomic mass is 15.1. The van der Waals surface area contributed by atoms with Gasteiger partial charge in [0, 0.05) is 114 Å². The topological polar surface area (TPSA) is 134 Å². The zero-order valence-electron chi connectivity index (χ0n) is 43.1. The van der Waals surface area contributed by atoms with Crippen LogP contribution in [0.5, 0.6) is 0 Å². The Labute approximate surface area is 462 Å². The van der Waals surface area contributed by atoms with Crippen molar-refractivity contribution in [2.45, 2.75) is 0 Å². The molecule has 81 heavy (non-hydrogen) atoms. The fourth-order valence-electron chi connectivity index (χ4n) is 11.2. The van der Waals surface area contributed by atoms with Gasteiger partial charge in [0.05, 0.1) is 66.9 Å². The average Bonchev–Trinajstić information content (AvgIpc) is 4.21. The van der Waals surface area contributed by atoms with E-state index in [1.807, 2.05) is 134 Å². The SMILES string of the molecule is c1ccc(-n2c(-c3cc(-c4cc(-c5cnc6ccccc6c5)cc(-c5cnc6ccccc6c5)n4)cc(-c4nc(-c5cnc6ccccc6c5)cc(-c5cnc6ccccc6c5)n4)c3)nc3c4cccnc4c4ncccc4c32)cc1. The molecule has 7 aromatic carbocycles. The Hall–Kier alpha value is -11.3. The highest BCUT2D eigenvalue weighted by Crippen LogP contribution is 2.42. The van der Waals surface area contributed by atoms with Crippen LogP contribution >= 0.6 is 0 Å². The van der Waals surface area contributed by atoms with Crippen LogP contribution in [0, 0.1) is 0 Å². The molecule has 16 aromatic rings. The minimum absolute atomic E-state index is 0.493. The summed E-state index contributed by atoms with van der Waals surface area (Å²) in [5, 5.41) is 5.88. The molecule has 9 aromatic heterocycles. The summed E-state index contributed by atoms with van der Waals surface area (Å²) in [5.74, 6) is 1.19. The predicted octanol–water partition coefficient (Wildman–Crippen LogP) is 16.2. The number of benzene rings is 7. The molecule has 9 heterocycles. The molecule has 0 N–H and O–H groups in total. The van der Waals surface area contributed by atoms with Crippen LogP contribution < -0.4 is 0 Å². The molecular formula is C70H41N11. The van der Waals surface area contributed by atoms with Crippen LogP contribution in [0.2, 0.25) is 0 Å². The third-order valence-corrected chi connectivity index (χ3v) is 15.1. The van der Waals surface area contributed by atoms with Gasteiger partial charge in [-0.1, -0.05) is 91.0 Å². The molecule has 0 aliphatic heterocycles. The third-order valence-electron chi connectivity index (χ3n) is 15.1. The normalized spacial score (nSPS) is 11.7. The summed E-state index contributed by atoms with van der Waals surface area (Å²) in [7, 11) is 0. The van der Waals surface area contributed by atoms with Gasteiger partial charge in [0.2, 0.25) is 0 Å². The average molecular weight is 1040 g/mol. The second-order valence-electron chi connectivity index (χ2n) is 20.2. The van der Waals surface area contributed by atoms with Gasteiger partial charge in [0.15, 0.2) is 5.82 Å². The van der Waals surface area contributed by atoms with E-state index in [-0.39, 0.29) is 0 Å². The summed E-state index contributed by atoms with van der Waals surface area (Å²) in [6, 6.07) is 72.5. The Morgan fingerprint density at radius 2 is 0.716 bits per heavy atom. The minimum atomic E-state index is 0.493. The maximum absolute atomic E-state index is 5.68. The maximum Gasteiger partial charge on any atom is 0.160 e. The number of aromatic nitrogens is 11. The van der Waals surface area contributed by atoms with Gasteiger partial charge in [-0.25, -0.2) is 19.9 Å². The van der Waals surface area contributed by atoms with Gasteiger partial charge < -0.3 is 0 Å². The van der Waals surface area contributed by atoms with Crippen LogP contribution in [0.15, 0.2) is 250 Å². The number of imidazole rings is 1. The molecule has 0 amide bonds. The van der Waals surface area contributed by atoms with Gasteiger partial charge in [-0.3, -0.25) is 34.5 Å². The summed E-state index contributed by atoms with van der Waals surface area (Å²) in [6.45, 7) is 0. The molecule has 0 aliphatic rings. The van der Waals surface area contributed by atoms with Crippen molar-refractivity contribution in [3.8, 4) is 84.6 Å². The van der Waals surface area contributed by atoms with E-state index < -0.39 is 0 Å². The highest BCUT2D eigenvalue weighted by Gasteiger charge is 2.24. The second kappa shape index (κ2) is 18.7. The molecule has 0 atom stereocenters. The predicted molar refractivity (Wildman–Crippen MR) is 324 cm³/mol. The van der Waals surface area contributed by atoms with Gasteiger partial charge in [0.25, 0.3) is 0 Å². The van der Waals surface area contributed by atoms with E-state index in [0.29, 0.717) is 28.7 Å². The van der Waals surface area contributed by atoms with E-state index in [0.717, 1.165) is 132 Å². The van der Waals surface area contributed by atoms with E-state index in [9.17, 15) is 0 Å². The second-order valence-corrected chi connectivity index (χ2v) is 20.2. The highest BCUT2D eigenvalue weighted by molar-refractivity contribution is 6.21. The molecule has 0 saturated carbocycles. The molecular weight excluding hydrogens is 995 g/mol. The van der Waals surface area contributed by atoms with Gasteiger partial charge in [-0.05, 0) is 127 Å². The first kappa shape index (κ1) is 45.9. The Bertz CT molecular complexity index is 4790. The van der Waals surface area contributed by atoms with Crippen molar-refractivity contribution < 1.29 is 0 Å². The van der Waals surface area contributed by atoms with Gasteiger partial charge in [0.1, 0.15) is 5.82 Å². The number of hydrogen-bond acceptors (Lipinski definition) is 10. The molecule has 0 bridgehead atoms. The fourth-order valence-corrected chi connectivity index (χ4v) is 11.2. The van der Waals surface area contributed by atoms with Crippen LogP contribution in [-0.2, 0) is 0 Å². The summed E-state index contributed by atoms with van der Waals surface area (Å²) in [5.41, 5.74) is 17.5. The summed E-state index contributed by atoms with van der Waals surface area (Å²) < 4.78 is 2.25. The van der Waals surface area contributed by atoms with Crippen LogP contribution in [0.25, 0.3) is 161 Å². The number of pyridine rings is 7. The van der Waals surface area contributed by atoms with Crippen molar-refractivity contribution in [1.82, 2.24) is 54.4 Å². The van der Waals surface area contributed by atoms with Crippen molar-refractivity contribution in [2.75, 3.05) is 0 Å². The van der Waals surface area contributed by atoms with Crippen LogP contribution in [0.3, 0.4) is 0 Å². The zero-order valence-corrected chi connectivity index (χ0v) is 43.1. The van der Waals surface area contributed by atoms with Gasteiger partial charge in [-0.15, -0.1) is 0 Å². The third kappa shape index (κ3) is 8.06. The Morgan fingerprint density at radius 3 is 1.28 bits per heavy atom. The first-order chi connectivity index (χ1) is 40.1. The van der Waals surface area contributed by atoms with Crippen molar-refractivity contribution in [2.24, 2.45) is 0 Å². The molecule has 16 rings (SSSR count). The van der Waals surface area contributed by atoms with Crippen molar-refractivity contribution in [3.05, 3.63) is 250 Å². The van der Waals surface area contributed by atoms with Crippen molar-refractivity contribution in [3.63, 3.8) is 0 Å². The first-order valence-electron chi connectivity index (χ1n) is 26.7. The standard InChI is InChI=1S/C70H41N11/c1-2-18-54(19-3-1)81-68-56-21-13-27-72-66(56)65-55(20-12-26-71-65)67(68)80-70(81)49-33-47(61-35-46(50-28-42-14-4-8-22-57(42)73-38-50)36-62(77-61)51-29-43-15-5-9-23-58(43)74-39-51)32-48(34-49)69-78-63(52-30-44-16-6-10-24-59(44)75-40-52)37-64(79-69)53-31-45-17-7-11-25-60(45)76-41-53/h1-41H. The lowest BCUT2D eigenvalue weighted by molar-refractivity contribution is 1.10. The number of hydrogen-bond donors (Lipinski definition) is 0. The Morgan fingerprint density at radius 1 is 0.272 bits per heavy atom. The zero-order chi connectivity index (χ0) is 53.4. The van der Waals surface area contributed by atoms with Gasteiger partial charge in [-0.2, -0.15) is 0 Å². The van der Waals surface area contributed by atoms with Crippen molar-refractivity contribution >= 4 is 76.5 Å². The molecule has 11 heteroatoms. The molecule has 376 valence electrons. The monoisotopic (exact) mass is 1040 g/mol. The Kier molecular flexibility index (Phi) is 10.6. The largest absolute Gasteiger partial charge is 0.292 e. The lowest BCUT2D eigenvalue weighted by Gasteiger charge is -2.16. The van der Waals surface area contributed by atoms with Crippen LogP contribution in [0.1, 0.15) is 0 Å². The van der Waals surface area contributed by atoms with E-state index >= 15 is 0 Å². The quantitative estimate of drug-likeness (QED) is 0.135. The summed E-state index contributed by atoms with van der Waals surface area (Å²) in [6.07, 6.45) is 11.3. The molecule has 0 radical (unpaired) electrons. The van der Waals surface area contributed by atoms with E-state index in [2.05, 4.69) is 120 Å². The van der Waals surface area contributed by atoms with E-state index in [4.69, 9.17) is 49.8 Å². The lowest BCUT2D eigenvalue weighted by atomic mass is 9.97. The molecule has 11 nitrogen and oxygen atoms in total. The van der Waals surface area contributed by atoms with E-state index in [1.54, 1.807) is 0 Å². The molecule has 0 aliphatic carbocycles. The molecule has 0 saturated heterocycles. The van der Waals surface area contributed by atoms with Crippen molar-refractivity contribution in [1.29, 1.82) is 0 Å². The maximum atomic E-state index is 5.68. The smallest absolute Gasteiger partial charge is 0.160 e. The first-order valence-corrected chi connectivity index (χ1v) is 26.7. The van der Waals surface area contributed by atoms with E-state index in [1.165, 1.54) is 0 Å². The van der Waals surface area contributed by atoms with Crippen LogP contribution in [-0.4, -0.2) is 54.4 Å². The summed E-state index contributed by atoms with van der Waals surface area (Å²) in [4.78, 5) is 51.7. The minimum Gasteiger partial charge on any atom is -0.292 e. The van der Waals surface area contributed by atoms with Crippen LogP contribution in [0.4, 0.5) is 0 Å². The number of fused-ring (bicyclic) bond motifs is 10. The number of para-hydroxylation sites is 5. The molecule has 0 spiro atoms. The number of rotatable bonds is 8. The molecule has 0 unspecified atom stereocenters. The van der Waals surface area contributed by atoms with Gasteiger partial charge >= 0.3 is 0 Å². The Balaban J connectivity index is 1.000. The fraction of sp³-hybridized carbons (Fsp3) is 0. The number of nitrogens with zero attached hydrogens (tertiary/aromatic N) is 11. The summed E-state index contributed by atoms with van der Waals surface area (Å²) >= 11 is 0. The molecule has 0 fully saturated rings.